The van der Waals surface area contributed by atoms with Crippen LogP contribution >= 0.6 is 11.3 Å². The predicted octanol–water partition coefficient (Wildman–Crippen LogP) is 2.68. The summed E-state index contributed by atoms with van der Waals surface area (Å²) in [5.74, 6) is 0.343. The SMILES string of the molecule is NCC(Cc1cn2ccsc2n1)c1ccccc1. The van der Waals surface area contributed by atoms with Gasteiger partial charge in [-0.3, -0.25) is 4.40 Å². The highest BCUT2D eigenvalue weighted by atomic mass is 32.1. The van der Waals surface area contributed by atoms with E-state index in [1.807, 2.05) is 17.6 Å². The molecule has 3 rings (SSSR count). The van der Waals surface area contributed by atoms with Crippen LogP contribution in [-0.2, 0) is 6.42 Å². The molecule has 0 aliphatic rings. The smallest absolute Gasteiger partial charge is 0.193 e. The Morgan fingerprint density at radius 3 is 2.83 bits per heavy atom. The number of thiazole rings is 1. The van der Waals surface area contributed by atoms with E-state index in [0.29, 0.717) is 12.5 Å². The van der Waals surface area contributed by atoms with Crippen LogP contribution in [-0.4, -0.2) is 15.9 Å². The van der Waals surface area contributed by atoms with E-state index in [4.69, 9.17) is 5.73 Å². The number of aromatic nitrogens is 2. The molecule has 0 aliphatic heterocycles. The summed E-state index contributed by atoms with van der Waals surface area (Å²) >= 11 is 1.66. The Morgan fingerprint density at radius 2 is 2.11 bits per heavy atom. The van der Waals surface area contributed by atoms with Crippen LogP contribution in [0.3, 0.4) is 0 Å². The van der Waals surface area contributed by atoms with Crippen molar-refractivity contribution < 1.29 is 0 Å². The molecular weight excluding hydrogens is 242 g/mol. The second-order valence-corrected chi connectivity index (χ2v) is 5.25. The fourth-order valence-corrected chi connectivity index (χ4v) is 2.91. The first kappa shape index (κ1) is 11.4. The molecule has 0 bridgehead atoms. The van der Waals surface area contributed by atoms with Crippen LogP contribution in [0.15, 0.2) is 48.1 Å². The Hall–Kier alpha value is -1.65. The zero-order valence-electron chi connectivity index (χ0n) is 9.99. The van der Waals surface area contributed by atoms with Gasteiger partial charge in [-0.05, 0) is 18.5 Å². The van der Waals surface area contributed by atoms with Crippen LogP contribution in [0.5, 0.6) is 0 Å². The lowest BCUT2D eigenvalue weighted by Crippen LogP contribution is -2.15. The monoisotopic (exact) mass is 257 g/mol. The zero-order chi connectivity index (χ0) is 12.4. The summed E-state index contributed by atoms with van der Waals surface area (Å²) in [6.45, 7) is 0.648. The van der Waals surface area contributed by atoms with Crippen LogP contribution in [0.1, 0.15) is 17.2 Å². The topological polar surface area (TPSA) is 43.3 Å². The summed E-state index contributed by atoms with van der Waals surface area (Å²) in [7, 11) is 0. The Kier molecular flexibility index (Phi) is 3.13. The Bertz CT molecular complexity index is 598. The van der Waals surface area contributed by atoms with E-state index >= 15 is 0 Å². The van der Waals surface area contributed by atoms with E-state index in [9.17, 15) is 0 Å². The van der Waals surface area contributed by atoms with Crippen molar-refractivity contribution in [1.29, 1.82) is 0 Å². The summed E-state index contributed by atoms with van der Waals surface area (Å²) in [4.78, 5) is 5.66. The zero-order valence-corrected chi connectivity index (χ0v) is 10.8. The van der Waals surface area contributed by atoms with Crippen LogP contribution < -0.4 is 5.73 Å². The van der Waals surface area contributed by atoms with Gasteiger partial charge in [0.1, 0.15) is 0 Å². The average Bonchev–Trinajstić information content (AvgIpc) is 2.97. The highest BCUT2D eigenvalue weighted by Crippen LogP contribution is 2.20. The largest absolute Gasteiger partial charge is 0.330 e. The fraction of sp³-hybridized carbons (Fsp3) is 0.214. The van der Waals surface area contributed by atoms with Crippen molar-refractivity contribution in [3.05, 3.63) is 59.4 Å². The number of hydrogen-bond acceptors (Lipinski definition) is 3. The molecular formula is C14H15N3S. The van der Waals surface area contributed by atoms with Gasteiger partial charge >= 0.3 is 0 Å². The number of rotatable bonds is 4. The lowest BCUT2D eigenvalue weighted by molar-refractivity contribution is 0.685. The summed E-state index contributed by atoms with van der Waals surface area (Å²) in [6, 6.07) is 10.4. The van der Waals surface area contributed by atoms with E-state index in [1.54, 1.807) is 11.3 Å². The van der Waals surface area contributed by atoms with Gasteiger partial charge in [-0.2, -0.15) is 0 Å². The van der Waals surface area contributed by atoms with Crippen molar-refractivity contribution in [3.8, 4) is 0 Å². The molecule has 0 aliphatic carbocycles. The molecule has 2 aromatic heterocycles. The van der Waals surface area contributed by atoms with Gasteiger partial charge in [0.25, 0.3) is 0 Å². The highest BCUT2D eigenvalue weighted by molar-refractivity contribution is 7.15. The van der Waals surface area contributed by atoms with Crippen LogP contribution in [0, 0.1) is 0 Å². The molecule has 0 saturated carbocycles. The second kappa shape index (κ2) is 4.92. The molecule has 0 saturated heterocycles. The molecule has 92 valence electrons. The van der Waals surface area contributed by atoms with Crippen molar-refractivity contribution in [2.24, 2.45) is 5.73 Å². The van der Waals surface area contributed by atoms with Crippen molar-refractivity contribution in [3.63, 3.8) is 0 Å². The molecule has 2 heterocycles. The number of fused-ring (bicyclic) bond motifs is 1. The quantitative estimate of drug-likeness (QED) is 0.781. The van der Waals surface area contributed by atoms with Crippen molar-refractivity contribution in [1.82, 2.24) is 9.38 Å². The molecule has 1 aromatic carbocycles. The minimum atomic E-state index is 0.343. The molecule has 2 N–H and O–H groups in total. The molecule has 18 heavy (non-hydrogen) atoms. The van der Waals surface area contributed by atoms with Crippen LogP contribution in [0.4, 0.5) is 0 Å². The molecule has 3 aromatic rings. The third-order valence-electron chi connectivity index (χ3n) is 3.15. The lowest BCUT2D eigenvalue weighted by Gasteiger charge is -2.13. The van der Waals surface area contributed by atoms with E-state index in [-0.39, 0.29) is 0 Å². The normalized spacial score (nSPS) is 12.9. The Labute approximate surface area is 110 Å². The van der Waals surface area contributed by atoms with Crippen molar-refractivity contribution in [2.45, 2.75) is 12.3 Å². The average molecular weight is 257 g/mol. The van der Waals surface area contributed by atoms with E-state index in [2.05, 4.69) is 39.8 Å². The molecule has 1 atom stereocenters. The molecule has 1 unspecified atom stereocenters. The first-order chi connectivity index (χ1) is 8.86. The maximum atomic E-state index is 5.89. The summed E-state index contributed by atoms with van der Waals surface area (Å²) in [6.07, 6.45) is 5.03. The Morgan fingerprint density at radius 1 is 1.28 bits per heavy atom. The van der Waals surface area contributed by atoms with Gasteiger partial charge in [0, 0.05) is 23.7 Å². The van der Waals surface area contributed by atoms with Crippen molar-refractivity contribution in [2.75, 3.05) is 6.54 Å². The molecule has 0 amide bonds. The van der Waals surface area contributed by atoms with Gasteiger partial charge in [0.2, 0.25) is 0 Å². The van der Waals surface area contributed by atoms with E-state index in [1.165, 1.54) is 5.56 Å². The third-order valence-corrected chi connectivity index (χ3v) is 3.92. The van der Waals surface area contributed by atoms with Crippen LogP contribution in [0.2, 0.25) is 0 Å². The van der Waals surface area contributed by atoms with Crippen molar-refractivity contribution >= 4 is 16.3 Å². The molecule has 0 radical (unpaired) electrons. The van der Waals surface area contributed by atoms with Gasteiger partial charge in [0.05, 0.1) is 5.69 Å². The second-order valence-electron chi connectivity index (χ2n) is 4.37. The number of benzene rings is 1. The molecule has 4 heteroatoms. The van der Waals surface area contributed by atoms with Gasteiger partial charge in [-0.1, -0.05) is 30.3 Å². The maximum absolute atomic E-state index is 5.89. The van der Waals surface area contributed by atoms with E-state index < -0.39 is 0 Å². The first-order valence-corrected chi connectivity index (χ1v) is 6.91. The minimum Gasteiger partial charge on any atom is -0.330 e. The Balaban J connectivity index is 1.84. The molecule has 3 nitrogen and oxygen atoms in total. The summed E-state index contributed by atoms with van der Waals surface area (Å²) < 4.78 is 2.07. The minimum absolute atomic E-state index is 0.343. The molecule has 0 fully saturated rings. The van der Waals surface area contributed by atoms with Gasteiger partial charge in [-0.25, -0.2) is 4.98 Å². The third kappa shape index (κ3) is 2.17. The van der Waals surface area contributed by atoms with Gasteiger partial charge in [0.15, 0.2) is 4.96 Å². The van der Waals surface area contributed by atoms with Gasteiger partial charge in [-0.15, -0.1) is 11.3 Å². The van der Waals surface area contributed by atoms with Gasteiger partial charge < -0.3 is 5.73 Å². The number of nitrogens with zero attached hydrogens (tertiary/aromatic N) is 2. The number of hydrogen-bond donors (Lipinski definition) is 1. The summed E-state index contributed by atoms with van der Waals surface area (Å²) in [5, 5.41) is 2.05. The lowest BCUT2D eigenvalue weighted by atomic mass is 9.95. The summed E-state index contributed by atoms with van der Waals surface area (Å²) in [5.41, 5.74) is 8.29. The number of nitrogens with two attached hydrogens (primary N) is 1. The van der Waals surface area contributed by atoms with E-state index in [0.717, 1.165) is 17.1 Å². The predicted molar refractivity (Wildman–Crippen MR) is 75.0 cm³/mol. The first-order valence-electron chi connectivity index (χ1n) is 6.03. The fourth-order valence-electron chi connectivity index (χ4n) is 2.19. The standard InChI is InChI=1S/C14H15N3S/c15-9-12(11-4-2-1-3-5-11)8-13-10-17-6-7-18-14(17)16-13/h1-7,10,12H,8-9,15H2. The highest BCUT2D eigenvalue weighted by Gasteiger charge is 2.12. The van der Waals surface area contributed by atoms with Crippen LogP contribution in [0.25, 0.3) is 4.96 Å². The molecule has 0 spiro atoms. The maximum Gasteiger partial charge on any atom is 0.193 e. The number of imidazole rings is 1.